The highest BCUT2D eigenvalue weighted by molar-refractivity contribution is 7.89. The molecule has 0 aliphatic carbocycles. The molecule has 134 valence electrons. The Morgan fingerprint density at radius 3 is 2.54 bits per heavy atom. The molecule has 1 aromatic carbocycles. The molecule has 1 aliphatic heterocycles. The van der Waals surface area contributed by atoms with Gasteiger partial charge in [0.1, 0.15) is 16.5 Å². The van der Waals surface area contributed by atoms with Crippen LogP contribution < -0.4 is 4.74 Å². The molecule has 0 atom stereocenters. The first-order valence-corrected chi connectivity index (χ1v) is 9.34. The van der Waals surface area contributed by atoms with Crippen LogP contribution in [-0.2, 0) is 14.8 Å². The van der Waals surface area contributed by atoms with Crippen molar-refractivity contribution in [3.05, 3.63) is 24.0 Å². The number of ether oxygens (including phenoxy) is 1. The van der Waals surface area contributed by atoms with E-state index in [2.05, 4.69) is 0 Å². The quantitative estimate of drug-likeness (QED) is 0.822. The third kappa shape index (κ3) is 3.87. The summed E-state index contributed by atoms with van der Waals surface area (Å²) in [7, 11) is -2.54. The van der Waals surface area contributed by atoms with Crippen molar-refractivity contribution in [1.29, 1.82) is 0 Å². The number of rotatable bonds is 4. The number of benzene rings is 1. The van der Waals surface area contributed by atoms with Crippen LogP contribution in [0.2, 0.25) is 0 Å². The minimum absolute atomic E-state index is 0.0117. The monoisotopic (exact) mass is 358 g/mol. The van der Waals surface area contributed by atoms with E-state index in [1.54, 1.807) is 4.90 Å². The van der Waals surface area contributed by atoms with Crippen LogP contribution in [0.15, 0.2) is 23.1 Å². The number of amides is 1. The van der Waals surface area contributed by atoms with Gasteiger partial charge in [-0.25, -0.2) is 12.8 Å². The largest absolute Gasteiger partial charge is 0.495 e. The van der Waals surface area contributed by atoms with E-state index in [9.17, 15) is 17.6 Å². The highest BCUT2D eigenvalue weighted by Gasteiger charge is 2.31. The zero-order chi connectivity index (χ0) is 17.9. The van der Waals surface area contributed by atoms with Crippen LogP contribution in [0, 0.1) is 11.7 Å². The van der Waals surface area contributed by atoms with Crippen molar-refractivity contribution >= 4 is 15.9 Å². The summed E-state index contributed by atoms with van der Waals surface area (Å²) in [5, 5.41) is 0. The molecule has 0 unspecified atom stereocenters. The summed E-state index contributed by atoms with van der Waals surface area (Å²) in [4.78, 5) is 13.6. The summed E-state index contributed by atoms with van der Waals surface area (Å²) in [5.74, 6) is -0.648. The summed E-state index contributed by atoms with van der Waals surface area (Å²) >= 11 is 0. The van der Waals surface area contributed by atoms with Gasteiger partial charge in [-0.15, -0.1) is 0 Å². The molecule has 0 bridgehead atoms. The lowest BCUT2D eigenvalue weighted by Gasteiger charge is -2.23. The lowest BCUT2D eigenvalue weighted by Crippen LogP contribution is -2.39. The Labute approximate surface area is 142 Å². The van der Waals surface area contributed by atoms with E-state index in [1.807, 2.05) is 13.8 Å². The Hall–Kier alpha value is -1.67. The maximum atomic E-state index is 13.5. The predicted octanol–water partition coefficient (Wildman–Crippen LogP) is 1.71. The molecule has 1 aromatic rings. The number of nitrogens with zero attached hydrogens (tertiary/aromatic N) is 2. The number of sulfonamides is 1. The fraction of sp³-hybridized carbons (Fsp3) is 0.562. The number of carbonyl (C=O) groups excluding carboxylic acids is 1. The zero-order valence-corrected chi connectivity index (χ0v) is 15.0. The molecule has 1 fully saturated rings. The Morgan fingerprint density at radius 1 is 1.21 bits per heavy atom. The molecular formula is C16H23FN2O4S. The second-order valence-corrected chi connectivity index (χ2v) is 7.94. The van der Waals surface area contributed by atoms with Crippen molar-refractivity contribution in [3.8, 4) is 5.75 Å². The summed E-state index contributed by atoms with van der Waals surface area (Å²) in [5.41, 5.74) is 0. The van der Waals surface area contributed by atoms with Crippen LogP contribution in [0.3, 0.4) is 0 Å². The molecule has 1 amide bonds. The highest BCUT2D eigenvalue weighted by atomic mass is 32.2. The van der Waals surface area contributed by atoms with Crippen molar-refractivity contribution in [2.24, 2.45) is 5.92 Å². The van der Waals surface area contributed by atoms with Crippen LogP contribution in [0.25, 0.3) is 0 Å². The average Bonchev–Trinajstić information content (AvgIpc) is 2.80. The van der Waals surface area contributed by atoms with E-state index in [4.69, 9.17) is 4.74 Å². The van der Waals surface area contributed by atoms with Crippen LogP contribution >= 0.6 is 0 Å². The topological polar surface area (TPSA) is 66.9 Å². The van der Waals surface area contributed by atoms with Crippen molar-refractivity contribution in [3.63, 3.8) is 0 Å². The van der Waals surface area contributed by atoms with Gasteiger partial charge < -0.3 is 9.64 Å². The van der Waals surface area contributed by atoms with E-state index in [0.29, 0.717) is 19.5 Å². The molecular weight excluding hydrogens is 335 g/mol. The Kier molecular flexibility index (Phi) is 5.82. The van der Waals surface area contributed by atoms with E-state index in [-0.39, 0.29) is 35.6 Å². The Bertz CT molecular complexity index is 706. The highest BCUT2D eigenvalue weighted by Crippen LogP contribution is 2.28. The number of hydrogen-bond acceptors (Lipinski definition) is 4. The smallest absolute Gasteiger partial charge is 0.246 e. The van der Waals surface area contributed by atoms with Crippen molar-refractivity contribution < 1.29 is 22.3 Å². The van der Waals surface area contributed by atoms with Crippen LogP contribution in [-0.4, -0.2) is 56.8 Å². The summed E-state index contributed by atoms with van der Waals surface area (Å²) in [6.45, 7) is 4.94. The minimum Gasteiger partial charge on any atom is -0.495 e. The summed E-state index contributed by atoms with van der Waals surface area (Å²) < 4.78 is 45.6. The molecule has 1 saturated heterocycles. The Balaban J connectivity index is 2.25. The molecule has 0 saturated carbocycles. The van der Waals surface area contributed by atoms with E-state index in [1.165, 1.54) is 17.5 Å². The van der Waals surface area contributed by atoms with Crippen LogP contribution in [0.1, 0.15) is 20.3 Å². The maximum Gasteiger partial charge on any atom is 0.246 e. The summed E-state index contributed by atoms with van der Waals surface area (Å²) in [6.07, 6.45) is 0.537. The first-order chi connectivity index (χ1) is 11.3. The van der Waals surface area contributed by atoms with Gasteiger partial charge in [-0.2, -0.15) is 4.31 Å². The number of carbonyl (C=O) groups is 1. The minimum atomic E-state index is -3.89. The van der Waals surface area contributed by atoms with Gasteiger partial charge in [-0.05, 0) is 24.6 Å². The first-order valence-electron chi connectivity index (χ1n) is 7.90. The maximum absolute atomic E-state index is 13.5. The van der Waals surface area contributed by atoms with Gasteiger partial charge in [0.2, 0.25) is 15.9 Å². The van der Waals surface area contributed by atoms with E-state index in [0.717, 1.165) is 12.1 Å². The zero-order valence-electron chi connectivity index (χ0n) is 14.2. The molecule has 8 heteroatoms. The van der Waals surface area contributed by atoms with Crippen molar-refractivity contribution in [2.75, 3.05) is 33.3 Å². The molecule has 0 aromatic heterocycles. The van der Waals surface area contributed by atoms with Gasteiger partial charge in [0, 0.05) is 32.1 Å². The number of halogens is 1. The first kappa shape index (κ1) is 18.7. The van der Waals surface area contributed by atoms with Gasteiger partial charge in [-0.1, -0.05) is 13.8 Å². The number of methoxy groups -OCH3 is 1. The van der Waals surface area contributed by atoms with Gasteiger partial charge in [0.05, 0.1) is 7.11 Å². The SMILES string of the molecule is COc1ccc(F)cc1S(=O)(=O)N1CCCN(C(=O)C(C)C)CC1. The fourth-order valence-corrected chi connectivity index (χ4v) is 4.35. The number of hydrogen-bond donors (Lipinski definition) is 0. The van der Waals surface area contributed by atoms with Crippen LogP contribution in [0.5, 0.6) is 5.75 Å². The molecule has 6 nitrogen and oxygen atoms in total. The third-order valence-corrected chi connectivity index (χ3v) is 5.92. The molecule has 1 aliphatic rings. The molecule has 24 heavy (non-hydrogen) atoms. The van der Waals surface area contributed by atoms with Gasteiger partial charge in [0.15, 0.2) is 0 Å². The van der Waals surface area contributed by atoms with Crippen molar-refractivity contribution in [1.82, 2.24) is 9.21 Å². The average molecular weight is 358 g/mol. The second kappa shape index (κ2) is 7.48. The van der Waals surface area contributed by atoms with Gasteiger partial charge >= 0.3 is 0 Å². The van der Waals surface area contributed by atoms with E-state index >= 15 is 0 Å². The normalized spacial score (nSPS) is 17.0. The Morgan fingerprint density at radius 2 is 1.92 bits per heavy atom. The fourth-order valence-electron chi connectivity index (χ4n) is 2.71. The predicted molar refractivity (Wildman–Crippen MR) is 87.7 cm³/mol. The summed E-state index contributed by atoms with van der Waals surface area (Å²) in [6, 6.07) is 3.42. The molecule has 2 rings (SSSR count). The molecule has 0 spiro atoms. The van der Waals surface area contributed by atoms with Gasteiger partial charge in [0.25, 0.3) is 0 Å². The van der Waals surface area contributed by atoms with Crippen molar-refractivity contribution in [2.45, 2.75) is 25.2 Å². The second-order valence-electron chi connectivity index (χ2n) is 6.03. The molecule has 0 radical (unpaired) electrons. The van der Waals surface area contributed by atoms with Crippen LogP contribution in [0.4, 0.5) is 4.39 Å². The lowest BCUT2D eigenvalue weighted by atomic mass is 10.2. The third-order valence-electron chi connectivity index (χ3n) is 4.00. The molecule has 0 N–H and O–H groups in total. The standard InChI is InChI=1S/C16H23FN2O4S/c1-12(2)16(20)18-7-4-8-19(10-9-18)24(21,22)15-11-13(17)5-6-14(15)23-3/h5-6,11-12H,4,7-10H2,1-3H3. The van der Waals surface area contributed by atoms with Gasteiger partial charge in [-0.3, -0.25) is 4.79 Å². The molecule has 1 heterocycles. The lowest BCUT2D eigenvalue weighted by molar-refractivity contribution is -0.134. The van der Waals surface area contributed by atoms with E-state index < -0.39 is 15.8 Å².